The maximum absolute atomic E-state index is 5.17. The van der Waals surface area contributed by atoms with Gasteiger partial charge in [0.05, 0.1) is 12.8 Å². The monoisotopic (exact) mass is 317 g/mol. The Morgan fingerprint density at radius 1 is 1.05 bits per heavy atom. The molecule has 19 heavy (non-hydrogen) atoms. The van der Waals surface area contributed by atoms with E-state index in [0.717, 1.165) is 28.3 Å². The predicted octanol–water partition coefficient (Wildman–Crippen LogP) is 0.322. The molecule has 0 aliphatic carbocycles. The molecule has 0 amide bonds. The number of benzene rings is 1. The van der Waals surface area contributed by atoms with E-state index in [2.05, 4.69) is 16.3 Å². The second-order valence-corrected chi connectivity index (χ2v) is 4.20. The molecule has 0 fully saturated rings. The third kappa shape index (κ3) is 2.36. The number of fused-ring (bicyclic) bond motifs is 1. The van der Waals surface area contributed by atoms with Gasteiger partial charge in [0.1, 0.15) is 11.4 Å². The number of ether oxygens (including phenoxy) is 1. The van der Waals surface area contributed by atoms with Crippen molar-refractivity contribution in [3.63, 3.8) is 0 Å². The quantitative estimate of drug-likeness (QED) is 0.680. The number of nitrogens with zero attached hydrogens (tertiary/aromatic N) is 2. The minimum absolute atomic E-state index is 0. The van der Waals surface area contributed by atoms with Crippen LogP contribution in [0.1, 0.15) is 5.69 Å². The summed E-state index contributed by atoms with van der Waals surface area (Å²) in [7, 11) is 1.67. The highest BCUT2D eigenvalue weighted by molar-refractivity contribution is 5.66. The third-order valence-corrected chi connectivity index (χ3v) is 3.13. The first kappa shape index (κ1) is 13.6. The Balaban J connectivity index is 0.00000133. The van der Waals surface area contributed by atoms with E-state index in [4.69, 9.17) is 4.74 Å². The molecular weight excluding hydrogens is 304 g/mol. The van der Waals surface area contributed by atoms with E-state index in [1.54, 1.807) is 7.11 Å². The van der Waals surface area contributed by atoms with Gasteiger partial charge in [-0.1, -0.05) is 6.07 Å². The third-order valence-electron chi connectivity index (χ3n) is 3.13. The number of methoxy groups -OCH3 is 1. The molecule has 3 nitrogen and oxygen atoms in total. The van der Waals surface area contributed by atoms with Gasteiger partial charge >= 0.3 is 0 Å². The Morgan fingerprint density at radius 3 is 2.42 bits per heavy atom. The van der Waals surface area contributed by atoms with Crippen molar-refractivity contribution in [1.29, 1.82) is 0 Å². The van der Waals surface area contributed by atoms with Gasteiger partial charge in [0.2, 0.25) is 0 Å². The van der Waals surface area contributed by atoms with Crippen LogP contribution >= 0.6 is 0 Å². The fraction of sp³-hybridized carbons (Fsp3) is 0.133. The highest BCUT2D eigenvalue weighted by atomic mass is 79.9. The zero-order chi connectivity index (χ0) is 12.5. The SMILES string of the molecule is COc1ccc(-c2nc3ccccn3c2C)cc1.[Br-]. The minimum Gasteiger partial charge on any atom is -1.00 e. The lowest BCUT2D eigenvalue weighted by Crippen LogP contribution is -3.00. The summed E-state index contributed by atoms with van der Waals surface area (Å²) in [5.74, 6) is 0.861. The zero-order valence-electron chi connectivity index (χ0n) is 10.8. The van der Waals surface area contributed by atoms with Gasteiger partial charge in [-0.25, -0.2) is 4.98 Å². The van der Waals surface area contributed by atoms with Crippen LogP contribution < -0.4 is 21.7 Å². The van der Waals surface area contributed by atoms with Crippen LogP contribution in [-0.4, -0.2) is 16.5 Å². The fourth-order valence-corrected chi connectivity index (χ4v) is 2.14. The highest BCUT2D eigenvalue weighted by Gasteiger charge is 2.09. The number of hydrogen-bond donors (Lipinski definition) is 0. The van der Waals surface area contributed by atoms with Crippen LogP contribution in [0.4, 0.5) is 0 Å². The van der Waals surface area contributed by atoms with E-state index in [1.807, 2.05) is 48.7 Å². The molecule has 0 aliphatic heterocycles. The molecule has 98 valence electrons. The van der Waals surface area contributed by atoms with Gasteiger partial charge in [-0.2, -0.15) is 0 Å². The summed E-state index contributed by atoms with van der Waals surface area (Å²) in [6.45, 7) is 2.08. The summed E-state index contributed by atoms with van der Waals surface area (Å²) >= 11 is 0. The topological polar surface area (TPSA) is 26.5 Å². The molecule has 2 heterocycles. The normalized spacial score (nSPS) is 10.2. The first-order valence-corrected chi connectivity index (χ1v) is 5.88. The molecular formula is C15H14BrN2O-. The lowest BCUT2D eigenvalue weighted by molar-refractivity contribution is -0.00000407. The van der Waals surface area contributed by atoms with Crippen molar-refractivity contribution >= 4 is 5.65 Å². The van der Waals surface area contributed by atoms with Gasteiger partial charge in [0.25, 0.3) is 0 Å². The molecule has 2 aromatic heterocycles. The minimum atomic E-state index is 0. The van der Waals surface area contributed by atoms with E-state index < -0.39 is 0 Å². The molecule has 0 bridgehead atoms. The Bertz CT molecular complexity index is 689. The van der Waals surface area contributed by atoms with Gasteiger partial charge < -0.3 is 26.1 Å². The van der Waals surface area contributed by atoms with Crippen molar-refractivity contribution in [1.82, 2.24) is 9.38 Å². The van der Waals surface area contributed by atoms with Gasteiger partial charge in [-0.05, 0) is 43.3 Å². The molecule has 4 heteroatoms. The van der Waals surface area contributed by atoms with Gasteiger partial charge in [-0.15, -0.1) is 0 Å². The summed E-state index contributed by atoms with van der Waals surface area (Å²) in [5.41, 5.74) is 4.25. The number of rotatable bonds is 2. The van der Waals surface area contributed by atoms with E-state index in [9.17, 15) is 0 Å². The van der Waals surface area contributed by atoms with E-state index >= 15 is 0 Å². The summed E-state index contributed by atoms with van der Waals surface area (Å²) < 4.78 is 7.27. The molecule has 0 saturated carbocycles. The number of aryl methyl sites for hydroxylation is 1. The molecule has 0 aliphatic rings. The summed E-state index contributed by atoms with van der Waals surface area (Å²) in [4.78, 5) is 4.66. The smallest absolute Gasteiger partial charge is 0.137 e. The number of aromatic nitrogens is 2. The van der Waals surface area contributed by atoms with Crippen LogP contribution in [0, 0.1) is 6.92 Å². The summed E-state index contributed by atoms with van der Waals surface area (Å²) in [6, 6.07) is 14.0. The number of pyridine rings is 1. The molecule has 1 aromatic carbocycles. The maximum atomic E-state index is 5.17. The fourth-order valence-electron chi connectivity index (χ4n) is 2.14. The first-order chi connectivity index (χ1) is 8.79. The van der Waals surface area contributed by atoms with Crippen LogP contribution in [0.2, 0.25) is 0 Å². The van der Waals surface area contributed by atoms with Crippen LogP contribution in [-0.2, 0) is 0 Å². The Morgan fingerprint density at radius 2 is 1.79 bits per heavy atom. The van der Waals surface area contributed by atoms with E-state index in [1.165, 1.54) is 0 Å². The van der Waals surface area contributed by atoms with Crippen molar-refractivity contribution in [2.75, 3.05) is 7.11 Å². The maximum Gasteiger partial charge on any atom is 0.137 e. The average molecular weight is 318 g/mol. The zero-order valence-corrected chi connectivity index (χ0v) is 12.4. The molecule has 0 spiro atoms. The molecule has 0 N–H and O–H groups in total. The van der Waals surface area contributed by atoms with Crippen molar-refractivity contribution in [3.8, 4) is 17.0 Å². The molecule has 0 atom stereocenters. The summed E-state index contributed by atoms with van der Waals surface area (Å²) in [5, 5.41) is 0. The molecule has 0 saturated heterocycles. The van der Waals surface area contributed by atoms with E-state index in [0.29, 0.717) is 0 Å². The molecule has 0 unspecified atom stereocenters. The van der Waals surface area contributed by atoms with Crippen LogP contribution in [0.3, 0.4) is 0 Å². The number of halogens is 1. The van der Waals surface area contributed by atoms with Crippen LogP contribution in [0.15, 0.2) is 48.7 Å². The number of imidazole rings is 1. The first-order valence-electron chi connectivity index (χ1n) is 5.88. The second kappa shape index (κ2) is 5.45. The van der Waals surface area contributed by atoms with Crippen molar-refractivity contribution in [2.24, 2.45) is 0 Å². The molecule has 0 radical (unpaired) electrons. The lowest BCUT2D eigenvalue weighted by Gasteiger charge is -2.02. The molecule has 3 rings (SSSR count). The average Bonchev–Trinajstić information content (AvgIpc) is 2.77. The standard InChI is InChI=1S/C15H14N2O.BrH/c1-11-15(12-6-8-13(18-2)9-7-12)16-14-5-3-4-10-17(11)14;/h3-10H,1-2H3;1H/p-1. The number of hydrogen-bond acceptors (Lipinski definition) is 2. The van der Waals surface area contributed by atoms with Gasteiger partial charge in [0.15, 0.2) is 0 Å². The van der Waals surface area contributed by atoms with Crippen LogP contribution in [0.25, 0.3) is 16.9 Å². The second-order valence-electron chi connectivity index (χ2n) is 4.20. The molecule has 3 aromatic rings. The van der Waals surface area contributed by atoms with Crippen molar-refractivity contribution in [3.05, 3.63) is 54.4 Å². The predicted molar refractivity (Wildman–Crippen MR) is 71.9 cm³/mol. The van der Waals surface area contributed by atoms with Crippen LogP contribution in [0.5, 0.6) is 5.75 Å². The highest BCUT2D eigenvalue weighted by Crippen LogP contribution is 2.25. The van der Waals surface area contributed by atoms with Gasteiger partial charge in [-0.3, -0.25) is 0 Å². The summed E-state index contributed by atoms with van der Waals surface area (Å²) in [6.07, 6.45) is 2.03. The van der Waals surface area contributed by atoms with E-state index in [-0.39, 0.29) is 17.0 Å². The van der Waals surface area contributed by atoms with Crippen molar-refractivity contribution < 1.29 is 21.7 Å². The Hall–Kier alpha value is -1.81. The lowest BCUT2D eigenvalue weighted by atomic mass is 10.1. The Kier molecular flexibility index (Phi) is 3.90. The largest absolute Gasteiger partial charge is 1.00 e. The van der Waals surface area contributed by atoms with Crippen molar-refractivity contribution in [2.45, 2.75) is 6.92 Å². The Labute approximate surface area is 122 Å². The van der Waals surface area contributed by atoms with Gasteiger partial charge in [0, 0.05) is 17.5 Å².